The van der Waals surface area contributed by atoms with Gasteiger partial charge in [-0.3, -0.25) is 0 Å². The number of allylic oxidation sites excluding steroid dienone is 4. The SMILES string of the molecule is CCN(CC)c1ccc(-c2cc(-c3ccc4ccccc4c3C(O)/C=C/c3ccc(C(=O)O)cc3)cc3ccc4c(c23)C(C)(C)CC2=C4C=CC(C)(C)C2)cc1. The van der Waals surface area contributed by atoms with Gasteiger partial charge in [-0.1, -0.05) is 130 Å². The number of anilines is 1. The summed E-state index contributed by atoms with van der Waals surface area (Å²) in [5, 5.41) is 26.0. The van der Waals surface area contributed by atoms with Crippen molar-refractivity contribution in [3.8, 4) is 22.3 Å². The van der Waals surface area contributed by atoms with Crippen molar-refractivity contribution in [1.29, 1.82) is 0 Å². The van der Waals surface area contributed by atoms with Crippen molar-refractivity contribution in [1.82, 2.24) is 0 Å². The zero-order chi connectivity index (χ0) is 39.4. The number of carbonyl (C=O) groups is 1. The van der Waals surface area contributed by atoms with E-state index in [-0.39, 0.29) is 16.4 Å². The fourth-order valence-corrected chi connectivity index (χ4v) is 9.31. The van der Waals surface area contributed by atoms with Crippen molar-refractivity contribution in [2.24, 2.45) is 5.41 Å². The van der Waals surface area contributed by atoms with E-state index >= 15 is 0 Å². The van der Waals surface area contributed by atoms with Crippen molar-refractivity contribution in [3.05, 3.63) is 161 Å². The molecular weight excluding hydrogens is 687 g/mol. The van der Waals surface area contributed by atoms with E-state index in [2.05, 4.69) is 131 Å². The van der Waals surface area contributed by atoms with Gasteiger partial charge in [0.05, 0.1) is 11.7 Å². The van der Waals surface area contributed by atoms with Crippen LogP contribution in [0, 0.1) is 5.41 Å². The molecule has 0 fully saturated rings. The molecule has 0 amide bonds. The maximum Gasteiger partial charge on any atom is 0.335 e. The van der Waals surface area contributed by atoms with Gasteiger partial charge in [-0.15, -0.1) is 0 Å². The molecule has 0 heterocycles. The predicted molar refractivity (Wildman–Crippen MR) is 235 cm³/mol. The van der Waals surface area contributed by atoms with Crippen LogP contribution in [-0.4, -0.2) is 29.3 Å². The number of rotatable bonds is 9. The highest BCUT2D eigenvalue weighted by Crippen LogP contribution is 2.53. The molecule has 0 aromatic heterocycles. The third-order valence-electron chi connectivity index (χ3n) is 12.0. The smallest absolute Gasteiger partial charge is 0.335 e. The topological polar surface area (TPSA) is 60.8 Å². The summed E-state index contributed by atoms with van der Waals surface area (Å²) >= 11 is 0. The third kappa shape index (κ3) is 6.77. The lowest BCUT2D eigenvalue weighted by Crippen LogP contribution is -2.28. The lowest BCUT2D eigenvalue weighted by Gasteiger charge is -2.40. The molecule has 0 aliphatic heterocycles. The van der Waals surface area contributed by atoms with Crippen molar-refractivity contribution in [2.75, 3.05) is 18.0 Å². The van der Waals surface area contributed by atoms with Gasteiger partial charge in [-0.25, -0.2) is 4.79 Å². The van der Waals surface area contributed by atoms with Crippen LogP contribution < -0.4 is 4.90 Å². The van der Waals surface area contributed by atoms with Crippen LogP contribution in [0.4, 0.5) is 5.69 Å². The Balaban J connectivity index is 1.35. The van der Waals surface area contributed by atoms with Crippen LogP contribution in [0.1, 0.15) is 93.1 Å². The Morgan fingerprint density at radius 2 is 1.46 bits per heavy atom. The van der Waals surface area contributed by atoms with Crippen LogP contribution in [0.5, 0.6) is 0 Å². The standard InChI is InChI=1S/C52H51NO3/c1-7-53(8-2)40-22-18-35(19-23-40)45-30-38(29-37-21-25-44-41-27-28-51(3,4)31-39(41)32-52(5,6)49(44)47(37)45)43-24-20-34-11-9-10-12-42(34)48(43)46(54)26-15-33-13-16-36(17-14-33)50(55)56/h9-30,46,54H,7-8,31-32H2,1-6H3,(H,55,56)/b26-15+. The summed E-state index contributed by atoms with van der Waals surface area (Å²) in [7, 11) is 0. The minimum atomic E-state index is -0.962. The number of carboxylic acids is 1. The van der Waals surface area contributed by atoms with Crippen molar-refractivity contribution in [2.45, 2.75) is 65.9 Å². The maximum absolute atomic E-state index is 12.1. The van der Waals surface area contributed by atoms with Crippen LogP contribution >= 0.6 is 0 Å². The number of aliphatic hydroxyl groups excluding tert-OH is 1. The highest BCUT2D eigenvalue weighted by atomic mass is 16.4. The van der Waals surface area contributed by atoms with E-state index in [0.29, 0.717) is 0 Å². The van der Waals surface area contributed by atoms with E-state index < -0.39 is 12.1 Å². The first-order valence-corrected chi connectivity index (χ1v) is 20.0. The quantitative estimate of drug-likeness (QED) is 0.155. The number of aliphatic hydroxyl groups is 1. The molecule has 1 atom stereocenters. The number of nitrogens with zero attached hydrogens (tertiary/aromatic N) is 1. The molecule has 0 radical (unpaired) electrons. The molecule has 0 bridgehead atoms. The second-order valence-corrected chi connectivity index (χ2v) is 16.9. The summed E-state index contributed by atoms with van der Waals surface area (Å²) in [5.41, 5.74) is 13.3. The average Bonchev–Trinajstić information content (AvgIpc) is 3.19. The highest BCUT2D eigenvalue weighted by Gasteiger charge is 2.37. The third-order valence-corrected chi connectivity index (χ3v) is 12.0. The van der Waals surface area contributed by atoms with Gasteiger partial charge in [0.1, 0.15) is 0 Å². The van der Waals surface area contributed by atoms with E-state index in [9.17, 15) is 15.0 Å². The highest BCUT2D eigenvalue weighted by molar-refractivity contribution is 6.07. The van der Waals surface area contributed by atoms with Gasteiger partial charge < -0.3 is 15.1 Å². The first kappa shape index (κ1) is 37.2. The number of hydrogen-bond acceptors (Lipinski definition) is 3. The average molecular weight is 738 g/mol. The molecule has 6 aromatic rings. The summed E-state index contributed by atoms with van der Waals surface area (Å²) in [6.45, 7) is 15.8. The summed E-state index contributed by atoms with van der Waals surface area (Å²) in [5.74, 6) is -0.962. The van der Waals surface area contributed by atoms with E-state index in [4.69, 9.17) is 0 Å². The van der Waals surface area contributed by atoms with E-state index in [1.807, 2.05) is 18.2 Å². The molecule has 2 aliphatic rings. The van der Waals surface area contributed by atoms with E-state index in [1.54, 1.807) is 35.9 Å². The molecule has 2 aliphatic carbocycles. The Kier molecular flexibility index (Phi) is 9.58. The summed E-state index contributed by atoms with van der Waals surface area (Å²) in [6, 6.07) is 37.6. The first-order chi connectivity index (χ1) is 26.9. The molecular formula is C52H51NO3. The zero-order valence-corrected chi connectivity index (χ0v) is 33.4. The fraction of sp³-hybridized carbons (Fsp3) is 0.250. The minimum absolute atomic E-state index is 0.0792. The molecule has 2 N–H and O–H groups in total. The van der Waals surface area contributed by atoms with Gasteiger partial charge in [0.2, 0.25) is 0 Å². The van der Waals surface area contributed by atoms with Crippen LogP contribution in [0.2, 0.25) is 0 Å². The maximum atomic E-state index is 12.1. The number of fused-ring (bicyclic) bond motifs is 5. The molecule has 0 saturated heterocycles. The number of carboxylic acid groups (broad SMARTS) is 1. The molecule has 4 nitrogen and oxygen atoms in total. The van der Waals surface area contributed by atoms with Gasteiger partial charge in [-0.05, 0) is 140 Å². The fourth-order valence-electron chi connectivity index (χ4n) is 9.31. The van der Waals surface area contributed by atoms with Crippen LogP contribution in [0.15, 0.2) is 133 Å². The number of hydrogen-bond donors (Lipinski definition) is 2. The van der Waals surface area contributed by atoms with Gasteiger partial charge >= 0.3 is 5.97 Å². The van der Waals surface area contributed by atoms with Gasteiger partial charge in [0.15, 0.2) is 0 Å². The minimum Gasteiger partial charge on any atom is -0.478 e. The molecule has 0 saturated carbocycles. The lowest BCUT2D eigenvalue weighted by atomic mass is 9.63. The number of benzene rings is 6. The Labute approximate surface area is 331 Å². The molecule has 6 aromatic carbocycles. The van der Waals surface area contributed by atoms with Crippen molar-refractivity contribution < 1.29 is 15.0 Å². The normalized spacial score (nSPS) is 16.3. The molecule has 282 valence electrons. The largest absolute Gasteiger partial charge is 0.478 e. The van der Waals surface area contributed by atoms with Crippen LogP contribution in [0.25, 0.3) is 55.4 Å². The van der Waals surface area contributed by atoms with Gasteiger partial charge in [0.25, 0.3) is 0 Å². The monoisotopic (exact) mass is 737 g/mol. The Hall–Kier alpha value is -5.71. The van der Waals surface area contributed by atoms with Crippen LogP contribution in [-0.2, 0) is 5.41 Å². The Morgan fingerprint density at radius 3 is 2.18 bits per heavy atom. The summed E-state index contributed by atoms with van der Waals surface area (Å²) in [6.07, 6.45) is 9.62. The van der Waals surface area contributed by atoms with E-state index in [0.717, 1.165) is 59.0 Å². The zero-order valence-electron chi connectivity index (χ0n) is 33.4. The summed E-state index contributed by atoms with van der Waals surface area (Å²) in [4.78, 5) is 13.8. The first-order valence-electron chi connectivity index (χ1n) is 20.0. The molecule has 1 unspecified atom stereocenters. The molecule has 0 spiro atoms. The van der Waals surface area contributed by atoms with Gasteiger partial charge in [-0.2, -0.15) is 0 Å². The summed E-state index contributed by atoms with van der Waals surface area (Å²) < 4.78 is 0. The molecule has 4 heteroatoms. The molecule has 56 heavy (non-hydrogen) atoms. The second-order valence-electron chi connectivity index (χ2n) is 16.9. The Bertz CT molecular complexity index is 2580. The Morgan fingerprint density at radius 1 is 0.768 bits per heavy atom. The van der Waals surface area contributed by atoms with Crippen molar-refractivity contribution in [3.63, 3.8) is 0 Å². The van der Waals surface area contributed by atoms with E-state index in [1.165, 1.54) is 44.3 Å². The molecule has 8 rings (SSSR count). The second kappa shape index (κ2) is 14.4. The van der Waals surface area contributed by atoms with Crippen molar-refractivity contribution >= 4 is 44.9 Å². The lowest BCUT2D eigenvalue weighted by molar-refractivity contribution is 0.0697. The predicted octanol–water partition coefficient (Wildman–Crippen LogP) is 13.0. The van der Waals surface area contributed by atoms with Gasteiger partial charge in [0, 0.05) is 24.3 Å². The van der Waals surface area contributed by atoms with Crippen LogP contribution in [0.3, 0.4) is 0 Å². The number of aromatic carboxylic acids is 1.